The highest BCUT2D eigenvalue weighted by atomic mass is 16.5. The third-order valence-electron chi connectivity index (χ3n) is 3.80. The van der Waals surface area contributed by atoms with Gasteiger partial charge in [-0.15, -0.1) is 0 Å². The lowest BCUT2D eigenvalue weighted by Gasteiger charge is -2.16. The lowest BCUT2D eigenvalue weighted by atomic mass is 10.1. The van der Waals surface area contributed by atoms with E-state index in [0.29, 0.717) is 17.9 Å². The summed E-state index contributed by atoms with van der Waals surface area (Å²) in [4.78, 5) is 22.3. The van der Waals surface area contributed by atoms with Crippen LogP contribution in [0.2, 0.25) is 0 Å². The van der Waals surface area contributed by atoms with Crippen LogP contribution >= 0.6 is 0 Å². The number of hydrogen-bond donors (Lipinski definition) is 2. The molecule has 0 heterocycles. The molecule has 0 aliphatic heterocycles. The zero-order chi connectivity index (χ0) is 20.4. The molecule has 145 valence electrons. The predicted molar refractivity (Wildman–Crippen MR) is 108 cm³/mol. The van der Waals surface area contributed by atoms with Crippen LogP contribution in [-0.2, 0) is 4.79 Å². The third kappa shape index (κ3) is 7.52. The first-order chi connectivity index (χ1) is 12.8. The Bertz CT molecular complexity index is 757. The second-order valence-electron chi connectivity index (χ2n) is 6.43. The SMILES string of the molecule is CC(C)C(N)=O.[CH2]c1cccc(C(C)NC(=O)c2ccccc2OCC)c1. The summed E-state index contributed by atoms with van der Waals surface area (Å²) in [6, 6.07) is 15.0. The van der Waals surface area contributed by atoms with Gasteiger partial charge in [-0.25, -0.2) is 0 Å². The van der Waals surface area contributed by atoms with Crippen molar-refractivity contribution < 1.29 is 14.3 Å². The first kappa shape index (κ1) is 22.2. The number of hydrogen-bond acceptors (Lipinski definition) is 3. The number of ether oxygens (including phenoxy) is 1. The molecule has 0 aliphatic rings. The summed E-state index contributed by atoms with van der Waals surface area (Å²) in [5.74, 6) is 0.219. The van der Waals surface area contributed by atoms with E-state index in [-0.39, 0.29) is 23.8 Å². The minimum Gasteiger partial charge on any atom is -0.493 e. The lowest BCUT2D eigenvalue weighted by Crippen LogP contribution is -2.27. The van der Waals surface area contributed by atoms with E-state index in [9.17, 15) is 9.59 Å². The predicted octanol–water partition coefficient (Wildman–Crippen LogP) is 3.89. The Balaban J connectivity index is 0.000000527. The maximum absolute atomic E-state index is 12.4. The number of carbonyl (C=O) groups is 2. The van der Waals surface area contributed by atoms with Gasteiger partial charge in [0.1, 0.15) is 5.75 Å². The first-order valence-corrected chi connectivity index (χ1v) is 9.00. The number of benzene rings is 2. The summed E-state index contributed by atoms with van der Waals surface area (Å²) < 4.78 is 5.49. The summed E-state index contributed by atoms with van der Waals surface area (Å²) in [5, 5.41) is 2.99. The van der Waals surface area contributed by atoms with Crippen LogP contribution in [0.15, 0.2) is 48.5 Å². The summed E-state index contributed by atoms with van der Waals surface area (Å²) in [6.45, 7) is 11.8. The molecule has 0 saturated heterocycles. The van der Waals surface area contributed by atoms with Crippen LogP contribution in [0.25, 0.3) is 0 Å². The monoisotopic (exact) mass is 369 g/mol. The van der Waals surface area contributed by atoms with Gasteiger partial charge in [0.25, 0.3) is 5.91 Å². The Morgan fingerprint density at radius 1 is 1.11 bits per heavy atom. The molecule has 2 amide bonds. The van der Waals surface area contributed by atoms with Crippen molar-refractivity contribution in [2.24, 2.45) is 11.7 Å². The molecular weight excluding hydrogens is 340 g/mol. The highest BCUT2D eigenvalue weighted by Gasteiger charge is 2.15. The Hall–Kier alpha value is -2.82. The molecular formula is C22H29N2O3. The van der Waals surface area contributed by atoms with Gasteiger partial charge in [0, 0.05) is 5.92 Å². The van der Waals surface area contributed by atoms with Crippen molar-refractivity contribution in [3.8, 4) is 5.75 Å². The Morgan fingerprint density at radius 2 is 1.74 bits per heavy atom. The second kappa shape index (κ2) is 11.0. The van der Waals surface area contributed by atoms with Gasteiger partial charge in [-0.2, -0.15) is 0 Å². The molecule has 1 radical (unpaired) electrons. The van der Waals surface area contributed by atoms with Crippen molar-refractivity contribution >= 4 is 11.8 Å². The molecule has 0 aliphatic carbocycles. The Kier molecular flexibility index (Phi) is 9.06. The fraction of sp³-hybridized carbons (Fsp3) is 0.318. The molecule has 5 nitrogen and oxygen atoms in total. The van der Waals surface area contributed by atoms with E-state index >= 15 is 0 Å². The van der Waals surface area contributed by atoms with Crippen molar-refractivity contribution in [3.05, 3.63) is 72.1 Å². The maximum Gasteiger partial charge on any atom is 0.255 e. The molecule has 0 saturated carbocycles. The molecule has 0 aromatic heterocycles. The lowest BCUT2D eigenvalue weighted by molar-refractivity contribution is -0.120. The third-order valence-corrected chi connectivity index (χ3v) is 3.80. The highest BCUT2D eigenvalue weighted by Crippen LogP contribution is 2.20. The number of para-hydroxylation sites is 1. The molecule has 2 aromatic carbocycles. The molecule has 0 bridgehead atoms. The molecule has 27 heavy (non-hydrogen) atoms. The second-order valence-corrected chi connectivity index (χ2v) is 6.43. The Morgan fingerprint density at radius 3 is 2.30 bits per heavy atom. The highest BCUT2D eigenvalue weighted by molar-refractivity contribution is 5.97. The van der Waals surface area contributed by atoms with Crippen molar-refractivity contribution in [1.82, 2.24) is 5.32 Å². The van der Waals surface area contributed by atoms with E-state index in [0.717, 1.165) is 11.1 Å². The zero-order valence-electron chi connectivity index (χ0n) is 16.5. The summed E-state index contributed by atoms with van der Waals surface area (Å²) in [6.07, 6.45) is 0. The summed E-state index contributed by atoms with van der Waals surface area (Å²) in [7, 11) is 0. The fourth-order valence-corrected chi connectivity index (χ4v) is 2.16. The van der Waals surface area contributed by atoms with Crippen LogP contribution in [-0.4, -0.2) is 18.4 Å². The minimum atomic E-state index is -0.241. The average Bonchev–Trinajstić information content (AvgIpc) is 2.62. The smallest absolute Gasteiger partial charge is 0.255 e. The van der Waals surface area contributed by atoms with E-state index in [1.165, 1.54) is 0 Å². The fourth-order valence-electron chi connectivity index (χ4n) is 2.16. The molecule has 0 fully saturated rings. The molecule has 3 N–H and O–H groups in total. The van der Waals surface area contributed by atoms with Crippen LogP contribution in [0.1, 0.15) is 55.2 Å². The van der Waals surface area contributed by atoms with Gasteiger partial charge in [-0.05, 0) is 44.0 Å². The van der Waals surface area contributed by atoms with E-state index in [2.05, 4.69) is 12.2 Å². The van der Waals surface area contributed by atoms with E-state index in [4.69, 9.17) is 10.5 Å². The van der Waals surface area contributed by atoms with E-state index < -0.39 is 0 Å². The van der Waals surface area contributed by atoms with E-state index in [1.54, 1.807) is 26.0 Å². The van der Waals surface area contributed by atoms with Crippen molar-refractivity contribution in [2.45, 2.75) is 33.7 Å². The molecule has 2 aromatic rings. The molecule has 2 rings (SSSR count). The molecule has 5 heteroatoms. The number of primary amides is 1. The largest absolute Gasteiger partial charge is 0.493 e. The molecule has 1 unspecified atom stereocenters. The zero-order valence-corrected chi connectivity index (χ0v) is 16.5. The van der Waals surface area contributed by atoms with Crippen molar-refractivity contribution in [2.75, 3.05) is 6.61 Å². The van der Waals surface area contributed by atoms with Gasteiger partial charge in [0.15, 0.2) is 0 Å². The molecule has 0 spiro atoms. The summed E-state index contributed by atoms with van der Waals surface area (Å²) >= 11 is 0. The normalized spacial score (nSPS) is 11.2. The maximum atomic E-state index is 12.4. The van der Waals surface area contributed by atoms with Gasteiger partial charge in [-0.1, -0.05) is 50.2 Å². The quantitative estimate of drug-likeness (QED) is 0.810. The van der Waals surface area contributed by atoms with Gasteiger partial charge in [0.05, 0.1) is 18.2 Å². The van der Waals surface area contributed by atoms with Crippen LogP contribution in [0, 0.1) is 12.8 Å². The van der Waals surface area contributed by atoms with Crippen LogP contribution in [0.4, 0.5) is 0 Å². The first-order valence-electron chi connectivity index (χ1n) is 9.00. The van der Waals surface area contributed by atoms with Crippen molar-refractivity contribution in [3.63, 3.8) is 0 Å². The average molecular weight is 369 g/mol. The number of amides is 2. The standard InChI is InChI=1S/C18H20NO2.C4H9NO/c1-4-21-17-11-6-5-10-16(17)18(20)19-14(3)15-9-7-8-13(2)12-15;1-3(2)4(5)6/h5-12,14H,2,4H2,1,3H3,(H,19,20);3H,1-2H3,(H2,5,6). The number of nitrogens with one attached hydrogen (secondary N) is 1. The van der Waals surface area contributed by atoms with Crippen molar-refractivity contribution in [1.29, 1.82) is 0 Å². The van der Waals surface area contributed by atoms with E-state index in [1.807, 2.05) is 50.2 Å². The van der Waals surface area contributed by atoms with Gasteiger partial charge < -0.3 is 15.8 Å². The topological polar surface area (TPSA) is 81.4 Å². The minimum absolute atomic E-state index is 0.00926. The molecule has 1 atom stereocenters. The van der Waals surface area contributed by atoms with Gasteiger partial charge >= 0.3 is 0 Å². The van der Waals surface area contributed by atoms with Crippen LogP contribution in [0.3, 0.4) is 0 Å². The van der Waals surface area contributed by atoms with Crippen LogP contribution in [0.5, 0.6) is 5.75 Å². The van der Waals surface area contributed by atoms with Gasteiger partial charge in [-0.3, -0.25) is 9.59 Å². The number of nitrogens with two attached hydrogens (primary N) is 1. The number of rotatable bonds is 6. The van der Waals surface area contributed by atoms with Crippen LogP contribution < -0.4 is 15.8 Å². The summed E-state index contributed by atoms with van der Waals surface area (Å²) in [5.41, 5.74) is 7.31. The van der Waals surface area contributed by atoms with Gasteiger partial charge in [0.2, 0.25) is 5.91 Å². The Labute approximate surface area is 161 Å². The number of carbonyl (C=O) groups excluding carboxylic acids is 2.